The lowest BCUT2D eigenvalue weighted by Gasteiger charge is -2.36. The minimum Gasteiger partial charge on any atom is -0.481 e. The monoisotopic (exact) mass is 345 g/mol. The predicted molar refractivity (Wildman–Crippen MR) is 90.6 cm³/mol. The molecule has 0 aromatic carbocycles. The van der Waals surface area contributed by atoms with E-state index in [0.29, 0.717) is 12.1 Å². The number of hydrogen-bond donors (Lipinski definition) is 1. The Hall–Kier alpha value is -2.28. The molecule has 1 aliphatic rings. The number of likely N-dealkylation sites (tertiary alicyclic amines) is 1. The van der Waals surface area contributed by atoms with Crippen molar-refractivity contribution < 1.29 is 14.7 Å². The van der Waals surface area contributed by atoms with Crippen LogP contribution < -0.4 is 0 Å². The van der Waals surface area contributed by atoms with Crippen molar-refractivity contribution in [3.8, 4) is 10.7 Å². The van der Waals surface area contributed by atoms with E-state index in [9.17, 15) is 14.7 Å². The highest BCUT2D eigenvalue weighted by atomic mass is 32.1. The van der Waals surface area contributed by atoms with Gasteiger partial charge in [0.1, 0.15) is 5.01 Å². The summed E-state index contributed by atoms with van der Waals surface area (Å²) in [5.74, 6) is -1.36. The summed E-state index contributed by atoms with van der Waals surface area (Å²) in [4.78, 5) is 34.2. The molecule has 0 bridgehead atoms. The van der Waals surface area contributed by atoms with Crippen molar-refractivity contribution >= 4 is 23.2 Å². The molecular formula is C17H19N3O3S. The van der Waals surface area contributed by atoms with Gasteiger partial charge in [0.15, 0.2) is 0 Å². The Morgan fingerprint density at radius 2 is 2.21 bits per heavy atom. The van der Waals surface area contributed by atoms with E-state index in [4.69, 9.17) is 0 Å². The zero-order valence-electron chi connectivity index (χ0n) is 13.4. The number of carboxylic acids is 1. The first kappa shape index (κ1) is 16.6. The van der Waals surface area contributed by atoms with E-state index < -0.39 is 11.9 Å². The van der Waals surface area contributed by atoms with E-state index in [1.54, 1.807) is 11.1 Å². The van der Waals surface area contributed by atoms with Crippen LogP contribution in [0.1, 0.15) is 25.5 Å². The molecule has 24 heavy (non-hydrogen) atoms. The van der Waals surface area contributed by atoms with Crippen LogP contribution in [-0.4, -0.2) is 44.4 Å². The number of aromatic nitrogens is 2. The third kappa shape index (κ3) is 3.62. The Morgan fingerprint density at radius 1 is 1.38 bits per heavy atom. The molecule has 2 unspecified atom stereocenters. The van der Waals surface area contributed by atoms with Gasteiger partial charge in [0.05, 0.1) is 23.7 Å². The topological polar surface area (TPSA) is 83.4 Å². The van der Waals surface area contributed by atoms with Crippen molar-refractivity contribution in [2.24, 2.45) is 5.92 Å². The van der Waals surface area contributed by atoms with Gasteiger partial charge < -0.3 is 10.0 Å². The highest BCUT2D eigenvalue weighted by molar-refractivity contribution is 7.13. The quantitative estimate of drug-likeness (QED) is 0.920. The van der Waals surface area contributed by atoms with E-state index in [1.165, 1.54) is 11.3 Å². The Kier molecular flexibility index (Phi) is 4.89. The summed E-state index contributed by atoms with van der Waals surface area (Å²) in [5, 5.41) is 11.8. The fourth-order valence-electron chi connectivity index (χ4n) is 2.91. The summed E-state index contributed by atoms with van der Waals surface area (Å²) < 4.78 is 0. The fraction of sp³-hybridized carbons (Fsp3) is 0.412. The Morgan fingerprint density at radius 3 is 2.92 bits per heavy atom. The first-order valence-electron chi connectivity index (χ1n) is 7.92. The number of piperidine rings is 1. The molecule has 0 aliphatic carbocycles. The maximum atomic E-state index is 12.6. The normalized spacial score (nSPS) is 20.8. The number of amides is 1. The van der Waals surface area contributed by atoms with E-state index >= 15 is 0 Å². The molecule has 3 heterocycles. The molecule has 2 aromatic heterocycles. The average molecular weight is 345 g/mol. The van der Waals surface area contributed by atoms with Crippen LogP contribution in [0, 0.1) is 5.92 Å². The minimum atomic E-state index is -0.828. The first-order chi connectivity index (χ1) is 11.5. The van der Waals surface area contributed by atoms with Gasteiger partial charge in [0.25, 0.3) is 0 Å². The largest absolute Gasteiger partial charge is 0.481 e. The number of carbonyl (C=O) groups excluding carboxylic acids is 1. The van der Waals surface area contributed by atoms with Crippen LogP contribution in [0.5, 0.6) is 0 Å². The maximum absolute atomic E-state index is 12.6. The summed E-state index contributed by atoms with van der Waals surface area (Å²) in [6, 6.07) is 5.70. The SMILES string of the molecule is CC1CCC(C(=O)O)CN1C(=O)Cc1csc(-c2ccccn2)n1. The van der Waals surface area contributed by atoms with Gasteiger partial charge >= 0.3 is 5.97 Å². The summed E-state index contributed by atoms with van der Waals surface area (Å²) >= 11 is 1.46. The van der Waals surface area contributed by atoms with Crippen molar-refractivity contribution in [1.82, 2.24) is 14.9 Å². The van der Waals surface area contributed by atoms with Gasteiger partial charge in [-0.05, 0) is 31.9 Å². The van der Waals surface area contributed by atoms with Gasteiger partial charge in [0, 0.05) is 24.2 Å². The smallest absolute Gasteiger partial charge is 0.308 e. The maximum Gasteiger partial charge on any atom is 0.308 e. The van der Waals surface area contributed by atoms with Crippen molar-refractivity contribution in [2.45, 2.75) is 32.2 Å². The van der Waals surface area contributed by atoms with Crippen molar-refractivity contribution in [1.29, 1.82) is 0 Å². The van der Waals surface area contributed by atoms with Crippen molar-refractivity contribution in [2.75, 3.05) is 6.54 Å². The average Bonchev–Trinajstić information content (AvgIpc) is 3.04. The molecule has 126 valence electrons. The summed E-state index contributed by atoms with van der Waals surface area (Å²) in [6.45, 7) is 2.25. The zero-order chi connectivity index (χ0) is 17.1. The lowest BCUT2D eigenvalue weighted by Crippen LogP contribution is -2.47. The van der Waals surface area contributed by atoms with Gasteiger partial charge in [-0.25, -0.2) is 4.98 Å². The molecule has 3 rings (SSSR count). The number of thiazole rings is 1. The van der Waals surface area contributed by atoms with Gasteiger partial charge in [-0.1, -0.05) is 6.07 Å². The van der Waals surface area contributed by atoms with Gasteiger partial charge in [0.2, 0.25) is 5.91 Å². The van der Waals surface area contributed by atoms with Crippen LogP contribution in [0.3, 0.4) is 0 Å². The van der Waals surface area contributed by atoms with Gasteiger partial charge in [-0.2, -0.15) is 0 Å². The molecule has 2 aromatic rings. The van der Waals surface area contributed by atoms with Gasteiger partial charge in [-0.3, -0.25) is 14.6 Å². The zero-order valence-corrected chi connectivity index (χ0v) is 14.2. The molecule has 0 spiro atoms. The Bertz CT molecular complexity index is 732. The van der Waals surface area contributed by atoms with E-state index in [-0.39, 0.29) is 24.9 Å². The lowest BCUT2D eigenvalue weighted by molar-refractivity contribution is -0.147. The van der Waals surface area contributed by atoms with E-state index in [1.807, 2.05) is 30.5 Å². The van der Waals surface area contributed by atoms with Gasteiger partial charge in [-0.15, -0.1) is 11.3 Å². The molecule has 7 heteroatoms. The van der Waals surface area contributed by atoms with Crippen LogP contribution in [0.4, 0.5) is 0 Å². The van der Waals surface area contributed by atoms with Crippen LogP contribution in [0.2, 0.25) is 0 Å². The van der Waals surface area contributed by atoms with Crippen molar-refractivity contribution in [3.63, 3.8) is 0 Å². The molecule has 6 nitrogen and oxygen atoms in total. The summed E-state index contributed by atoms with van der Waals surface area (Å²) in [6.07, 6.45) is 3.25. The summed E-state index contributed by atoms with van der Waals surface area (Å²) in [5.41, 5.74) is 1.49. The minimum absolute atomic E-state index is 0.0636. The third-order valence-electron chi connectivity index (χ3n) is 4.32. The molecule has 0 radical (unpaired) electrons. The molecule has 1 aliphatic heterocycles. The highest BCUT2D eigenvalue weighted by Gasteiger charge is 2.32. The van der Waals surface area contributed by atoms with Crippen LogP contribution >= 0.6 is 11.3 Å². The summed E-state index contributed by atoms with van der Waals surface area (Å²) in [7, 11) is 0. The van der Waals surface area contributed by atoms with Crippen LogP contribution in [-0.2, 0) is 16.0 Å². The number of carboxylic acid groups (broad SMARTS) is 1. The molecule has 0 saturated carbocycles. The second-order valence-corrected chi connectivity index (χ2v) is 6.90. The molecular weight excluding hydrogens is 326 g/mol. The second-order valence-electron chi connectivity index (χ2n) is 6.04. The number of carbonyl (C=O) groups is 2. The Balaban J connectivity index is 1.68. The Labute approximate surface area is 144 Å². The molecule has 2 atom stereocenters. The molecule has 1 saturated heterocycles. The number of pyridine rings is 1. The van der Waals surface area contributed by atoms with E-state index in [2.05, 4.69) is 9.97 Å². The third-order valence-corrected chi connectivity index (χ3v) is 5.23. The number of rotatable bonds is 4. The first-order valence-corrected chi connectivity index (χ1v) is 8.80. The molecule has 1 N–H and O–H groups in total. The molecule has 1 amide bonds. The van der Waals surface area contributed by atoms with Crippen LogP contribution in [0.25, 0.3) is 10.7 Å². The standard InChI is InChI=1S/C17H19N3O3S/c1-11-5-6-12(17(22)23)9-20(11)15(21)8-13-10-24-16(19-13)14-4-2-3-7-18-14/h2-4,7,10-12H,5-6,8-9H2,1H3,(H,22,23). The number of nitrogens with zero attached hydrogens (tertiary/aromatic N) is 3. The fourth-order valence-corrected chi connectivity index (χ4v) is 3.70. The predicted octanol–water partition coefficient (Wildman–Crippen LogP) is 2.46. The number of hydrogen-bond acceptors (Lipinski definition) is 5. The van der Waals surface area contributed by atoms with Crippen molar-refractivity contribution in [3.05, 3.63) is 35.5 Å². The molecule has 1 fully saturated rings. The van der Waals surface area contributed by atoms with Crippen LogP contribution in [0.15, 0.2) is 29.8 Å². The highest BCUT2D eigenvalue weighted by Crippen LogP contribution is 2.25. The lowest BCUT2D eigenvalue weighted by atomic mass is 9.93. The van der Waals surface area contributed by atoms with E-state index in [0.717, 1.165) is 17.1 Å². The second kappa shape index (κ2) is 7.09. The number of aliphatic carboxylic acids is 1.